The van der Waals surface area contributed by atoms with E-state index >= 15 is 0 Å². The molecule has 0 aliphatic heterocycles. The number of nitrogens with two attached hydrogens (primary N) is 4. The highest BCUT2D eigenvalue weighted by Gasteiger charge is 2.30. The standard InChI is InChI=1S/C26H41N9O5S/c27-10-4-3-7-17(28)22(36)33-19(9-5-11-31-26(29)30)23(37)34-20(24(38)35-21(14-41)25(39)40)12-15-13-32-18-8-2-1-6-16(15)18/h1-2,6,8,13,17,19-21,32,41H,3-5,7,9-12,14,27-28H2,(H,33,36)(H,34,37)(H,35,38)(H,39,40)(H4,29,30,31). The smallest absolute Gasteiger partial charge is 0.327 e. The summed E-state index contributed by atoms with van der Waals surface area (Å²) >= 11 is 4.00. The average molecular weight is 592 g/mol. The molecule has 14 nitrogen and oxygen atoms in total. The lowest BCUT2D eigenvalue weighted by Crippen LogP contribution is -2.57. The fourth-order valence-corrected chi connectivity index (χ4v) is 4.40. The minimum Gasteiger partial charge on any atom is -0.480 e. The zero-order chi connectivity index (χ0) is 30.4. The molecule has 0 aliphatic carbocycles. The van der Waals surface area contributed by atoms with E-state index < -0.39 is 47.9 Å². The second-order valence-electron chi connectivity index (χ2n) is 9.61. The van der Waals surface area contributed by atoms with Gasteiger partial charge in [0, 0.05) is 35.8 Å². The van der Waals surface area contributed by atoms with Gasteiger partial charge in [-0.05, 0) is 43.9 Å². The summed E-state index contributed by atoms with van der Waals surface area (Å²) in [5.74, 6) is -3.41. The van der Waals surface area contributed by atoms with Crippen molar-refractivity contribution in [1.29, 1.82) is 0 Å². The Morgan fingerprint density at radius 1 is 0.927 bits per heavy atom. The third-order valence-electron chi connectivity index (χ3n) is 6.41. The number of para-hydroxylation sites is 1. The van der Waals surface area contributed by atoms with Gasteiger partial charge in [0.25, 0.3) is 0 Å². The van der Waals surface area contributed by atoms with Gasteiger partial charge in [-0.15, -0.1) is 0 Å². The second-order valence-corrected chi connectivity index (χ2v) is 9.97. The molecule has 4 unspecified atom stereocenters. The molecule has 0 aliphatic rings. The number of unbranched alkanes of at least 4 members (excludes halogenated alkanes) is 1. The number of benzene rings is 1. The molecule has 1 aromatic carbocycles. The Morgan fingerprint density at radius 3 is 2.24 bits per heavy atom. The van der Waals surface area contributed by atoms with E-state index in [9.17, 15) is 24.3 Å². The number of thiol groups is 1. The largest absolute Gasteiger partial charge is 0.480 e. The number of hydrogen-bond acceptors (Lipinski definition) is 8. The van der Waals surface area contributed by atoms with Crippen LogP contribution in [0.2, 0.25) is 0 Å². The molecule has 0 radical (unpaired) electrons. The first-order valence-electron chi connectivity index (χ1n) is 13.4. The van der Waals surface area contributed by atoms with E-state index in [1.54, 1.807) is 6.20 Å². The Morgan fingerprint density at radius 2 is 1.59 bits per heavy atom. The predicted octanol–water partition coefficient (Wildman–Crippen LogP) is -1.31. The van der Waals surface area contributed by atoms with Gasteiger partial charge in [-0.25, -0.2) is 4.79 Å². The number of carboxylic acids is 1. The number of H-pyrrole nitrogens is 1. The lowest BCUT2D eigenvalue weighted by Gasteiger charge is -2.25. The highest BCUT2D eigenvalue weighted by molar-refractivity contribution is 7.80. The lowest BCUT2D eigenvalue weighted by molar-refractivity contribution is -0.141. The van der Waals surface area contributed by atoms with Gasteiger partial charge in [0.05, 0.1) is 6.04 Å². The van der Waals surface area contributed by atoms with Crippen LogP contribution in [0.1, 0.15) is 37.7 Å². The van der Waals surface area contributed by atoms with Crippen molar-refractivity contribution in [1.82, 2.24) is 20.9 Å². The number of aromatic amines is 1. The summed E-state index contributed by atoms with van der Waals surface area (Å²) in [5.41, 5.74) is 23.9. The van der Waals surface area contributed by atoms with Gasteiger partial charge in [-0.2, -0.15) is 12.6 Å². The number of fused-ring (bicyclic) bond motifs is 1. The van der Waals surface area contributed by atoms with Crippen LogP contribution in [0.15, 0.2) is 35.5 Å². The van der Waals surface area contributed by atoms with Crippen LogP contribution in [0.25, 0.3) is 10.9 Å². The molecule has 4 atom stereocenters. The molecule has 13 N–H and O–H groups in total. The molecular weight excluding hydrogens is 550 g/mol. The van der Waals surface area contributed by atoms with Crippen LogP contribution in [0.3, 0.4) is 0 Å². The molecule has 0 bridgehead atoms. The van der Waals surface area contributed by atoms with Crippen molar-refractivity contribution in [2.24, 2.45) is 27.9 Å². The summed E-state index contributed by atoms with van der Waals surface area (Å²) in [6, 6.07) is 3.08. The Balaban J connectivity index is 2.27. The topological polar surface area (TPSA) is 257 Å². The number of aliphatic imine (C=N–C) groups is 1. The number of carboxylic acid groups (broad SMARTS) is 1. The summed E-state index contributed by atoms with van der Waals surface area (Å²) in [5, 5.41) is 18.0. The van der Waals surface area contributed by atoms with E-state index in [2.05, 4.69) is 38.6 Å². The van der Waals surface area contributed by atoms with Crippen molar-refractivity contribution < 1.29 is 24.3 Å². The van der Waals surface area contributed by atoms with Crippen molar-refractivity contribution in [3.05, 3.63) is 36.0 Å². The quantitative estimate of drug-likeness (QED) is 0.0426. The van der Waals surface area contributed by atoms with Crippen molar-refractivity contribution in [2.75, 3.05) is 18.8 Å². The molecule has 15 heteroatoms. The molecule has 1 aromatic heterocycles. The first-order chi connectivity index (χ1) is 19.6. The summed E-state index contributed by atoms with van der Waals surface area (Å²) in [6.07, 6.45) is 4.01. The van der Waals surface area contributed by atoms with E-state index in [0.717, 1.165) is 16.5 Å². The van der Waals surface area contributed by atoms with Crippen LogP contribution >= 0.6 is 12.6 Å². The van der Waals surface area contributed by atoms with E-state index in [1.807, 2.05) is 24.3 Å². The van der Waals surface area contributed by atoms with Gasteiger partial charge in [0.1, 0.15) is 18.1 Å². The maximum Gasteiger partial charge on any atom is 0.327 e. The monoisotopic (exact) mass is 591 g/mol. The van der Waals surface area contributed by atoms with E-state index in [4.69, 9.17) is 22.9 Å². The highest BCUT2D eigenvalue weighted by atomic mass is 32.1. The van der Waals surface area contributed by atoms with Crippen LogP contribution in [-0.2, 0) is 25.6 Å². The maximum atomic E-state index is 13.5. The third kappa shape index (κ3) is 10.9. The van der Waals surface area contributed by atoms with Gasteiger partial charge < -0.3 is 49.0 Å². The van der Waals surface area contributed by atoms with Gasteiger partial charge in [-0.1, -0.05) is 24.6 Å². The van der Waals surface area contributed by atoms with Crippen molar-refractivity contribution in [3.8, 4) is 0 Å². The fraction of sp³-hybridized carbons (Fsp3) is 0.500. The van der Waals surface area contributed by atoms with Crippen LogP contribution in [0, 0.1) is 0 Å². The van der Waals surface area contributed by atoms with Crippen LogP contribution < -0.4 is 38.9 Å². The Bertz CT molecular complexity index is 1200. The van der Waals surface area contributed by atoms with Gasteiger partial charge in [0.15, 0.2) is 5.96 Å². The molecule has 2 rings (SSSR count). The minimum absolute atomic E-state index is 0.0494. The Labute approximate surface area is 243 Å². The maximum absolute atomic E-state index is 13.5. The number of nitrogens with zero attached hydrogens (tertiary/aromatic N) is 1. The molecule has 0 saturated carbocycles. The SMILES string of the molecule is NCCCCC(N)C(=O)NC(CCCN=C(N)N)C(=O)NC(Cc1c[nH]c2ccccc12)C(=O)NC(CS)C(=O)O. The molecule has 1 heterocycles. The van der Waals surface area contributed by atoms with Crippen molar-refractivity contribution >= 4 is 53.2 Å². The highest BCUT2D eigenvalue weighted by Crippen LogP contribution is 2.19. The molecule has 226 valence electrons. The first-order valence-corrected chi connectivity index (χ1v) is 14.0. The summed E-state index contributed by atoms with van der Waals surface area (Å²) in [6.45, 7) is 0.687. The predicted molar refractivity (Wildman–Crippen MR) is 160 cm³/mol. The number of carbonyl (C=O) groups is 4. The first kappa shape index (κ1) is 33.4. The number of amides is 3. The summed E-state index contributed by atoms with van der Waals surface area (Å²) in [7, 11) is 0. The lowest BCUT2D eigenvalue weighted by atomic mass is 10.0. The normalized spacial score (nSPS) is 13.9. The van der Waals surface area contributed by atoms with Gasteiger partial charge >= 0.3 is 5.97 Å². The minimum atomic E-state index is -1.27. The van der Waals surface area contributed by atoms with E-state index in [0.29, 0.717) is 32.2 Å². The molecular formula is C26H41N9O5S. The van der Waals surface area contributed by atoms with Gasteiger partial charge in [0.2, 0.25) is 17.7 Å². The fourth-order valence-electron chi connectivity index (χ4n) is 4.15. The molecule has 41 heavy (non-hydrogen) atoms. The second kappa shape index (κ2) is 17.1. The van der Waals surface area contributed by atoms with Crippen molar-refractivity contribution in [2.45, 2.75) is 62.7 Å². The number of carbonyl (C=O) groups excluding carboxylic acids is 3. The number of aromatic nitrogens is 1. The van der Waals surface area contributed by atoms with E-state index in [1.165, 1.54) is 0 Å². The van der Waals surface area contributed by atoms with Gasteiger partial charge in [-0.3, -0.25) is 19.4 Å². The number of rotatable bonds is 18. The molecule has 0 saturated heterocycles. The molecule has 2 aromatic rings. The van der Waals surface area contributed by atoms with Crippen LogP contribution in [0.5, 0.6) is 0 Å². The third-order valence-corrected chi connectivity index (χ3v) is 6.78. The van der Waals surface area contributed by atoms with Crippen LogP contribution in [-0.4, -0.2) is 82.8 Å². The van der Waals surface area contributed by atoms with Crippen molar-refractivity contribution in [3.63, 3.8) is 0 Å². The Hall–Kier alpha value is -3.82. The zero-order valence-electron chi connectivity index (χ0n) is 22.8. The van der Waals surface area contributed by atoms with E-state index in [-0.39, 0.29) is 31.1 Å². The molecule has 3 amide bonds. The average Bonchev–Trinajstić information content (AvgIpc) is 3.35. The number of aliphatic carboxylic acids is 1. The number of guanidine groups is 1. The number of hydrogen-bond donors (Lipinski definition) is 10. The Kier molecular flexibility index (Phi) is 13.9. The molecule has 0 spiro atoms. The zero-order valence-corrected chi connectivity index (χ0v) is 23.7. The molecule has 0 fully saturated rings. The number of nitrogens with one attached hydrogen (secondary N) is 4. The van der Waals surface area contributed by atoms with Crippen LogP contribution in [0.4, 0.5) is 0 Å². The summed E-state index contributed by atoms with van der Waals surface area (Å²) in [4.78, 5) is 58.1. The summed E-state index contributed by atoms with van der Waals surface area (Å²) < 4.78 is 0.